The number of piperazine rings is 1. The number of rotatable bonds is 5. The molecule has 0 unspecified atom stereocenters. The molecule has 1 amide bonds. The summed E-state index contributed by atoms with van der Waals surface area (Å²) in [5.41, 5.74) is 3.90. The van der Waals surface area contributed by atoms with Crippen molar-refractivity contribution in [1.29, 1.82) is 0 Å². The molecule has 0 radical (unpaired) electrons. The molecule has 0 spiro atoms. The predicted molar refractivity (Wildman–Crippen MR) is 143 cm³/mol. The van der Waals surface area contributed by atoms with E-state index in [0.29, 0.717) is 38.3 Å². The molecule has 2 aliphatic heterocycles. The monoisotopic (exact) mass is 533 g/mol. The summed E-state index contributed by atoms with van der Waals surface area (Å²) in [6.45, 7) is 10.2. The van der Waals surface area contributed by atoms with Gasteiger partial charge in [-0.05, 0) is 56.0 Å². The van der Waals surface area contributed by atoms with Gasteiger partial charge in [0.1, 0.15) is 0 Å². The summed E-state index contributed by atoms with van der Waals surface area (Å²) in [6.07, 6.45) is 1.54. The Morgan fingerprint density at radius 1 is 1.00 bits per heavy atom. The van der Waals surface area contributed by atoms with E-state index >= 15 is 0 Å². The van der Waals surface area contributed by atoms with Crippen molar-refractivity contribution in [2.24, 2.45) is 5.92 Å². The van der Waals surface area contributed by atoms with Crippen LogP contribution < -0.4 is 9.21 Å². The van der Waals surface area contributed by atoms with Gasteiger partial charge in [-0.3, -0.25) is 9.10 Å². The quantitative estimate of drug-likeness (QED) is 0.586. The topological polar surface area (TPSA) is 95.1 Å². The third kappa shape index (κ3) is 5.11. The molecule has 2 heterocycles. The zero-order valence-corrected chi connectivity index (χ0v) is 23.2. The van der Waals surface area contributed by atoms with Gasteiger partial charge in [-0.25, -0.2) is 16.8 Å². The highest BCUT2D eigenvalue weighted by Crippen LogP contribution is 2.35. The largest absolute Gasteiger partial charge is 0.368 e. The van der Waals surface area contributed by atoms with E-state index in [1.807, 2.05) is 13.8 Å². The van der Waals surface area contributed by atoms with E-state index in [1.165, 1.54) is 27.6 Å². The summed E-state index contributed by atoms with van der Waals surface area (Å²) in [7, 11) is -7.34. The van der Waals surface area contributed by atoms with E-state index in [1.54, 1.807) is 11.0 Å². The SMILES string of the molecule is Cc1ccc(N2CCN(C(=O)c3ccc(N4[C@H](C(C)C)CCS4(=O)=O)cc3S(C)(=O)=O)CC2)c(C)c1. The molecule has 2 saturated heterocycles. The lowest BCUT2D eigenvalue weighted by Gasteiger charge is -2.37. The number of nitrogens with zero attached hydrogens (tertiary/aromatic N) is 3. The van der Waals surface area contributed by atoms with Gasteiger partial charge in [0.2, 0.25) is 10.0 Å². The Hall–Kier alpha value is -2.59. The zero-order chi connectivity index (χ0) is 26.4. The fourth-order valence-corrected chi connectivity index (χ4v) is 8.08. The third-order valence-electron chi connectivity index (χ3n) is 7.15. The summed E-state index contributed by atoms with van der Waals surface area (Å²) in [5, 5.41) is 0. The Morgan fingerprint density at radius 3 is 2.25 bits per heavy atom. The first kappa shape index (κ1) is 26.5. The standard InChI is InChI=1S/C26H35N3O5S2/c1-18(2)23-10-15-36(33,34)29(23)21-7-8-22(25(17-21)35(5,31)32)26(30)28-13-11-27(12-14-28)24-9-6-19(3)16-20(24)4/h6-9,16-18,23H,10-15H2,1-5H3/t23-/m0/s1. The second-order valence-corrected chi connectivity index (χ2v) is 14.2. The molecule has 2 aromatic carbocycles. The fourth-order valence-electron chi connectivity index (χ4n) is 5.26. The first-order valence-corrected chi connectivity index (χ1v) is 15.8. The van der Waals surface area contributed by atoms with Crippen LogP contribution in [-0.4, -0.2) is 71.9 Å². The van der Waals surface area contributed by atoms with E-state index in [2.05, 4.69) is 36.9 Å². The minimum absolute atomic E-state index is 0.0233. The highest BCUT2D eigenvalue weighted by Gasteiger charge is 2.40. The number of sulfone groups is 1. The number of anilines is 2. The second kappa shape index (κ2) is 9.70. The van der Waals surface area contributed by atoms with E-state index < -0.39 is 19.9 Å². The van der Waals surface area contributed by atoms with Gasteiger partial charge in [0.15, 0.2) is 9.84 Å². The van der Waals surface area contributed by atoms with Gasteiger partial charge >= 0.3 is 0 Å². The average molecular weight is 534 g/mol. The molecule has 0 saturated carbocycles. The molecule has 196 valence electrons. The summed E-state index contributed by atoms with van der Waals surface area (Å²) in [6, 6.07) is 10.4. The lowest BCUT2D eigenvalue weighted by atomic mass is 10.0. The Bertz CT molecular complexity index is 1380. The second-order valence-electron chi connectivity index (χ2n) is 10.2. The van der Waals surface area contributed by atoms with E-state index in [0.717, 1.165) is 11.9 Å². The number of hydrogen-bond acceptors (Lipinski definition) is 6. The lowest BCUT2D eigenvalue weighted by molar-refractivity contribution is 0.0743. The Kier molecular flexibility index (Phi) is 7.13. The Morgan fingerprint density at radius 2 is 1.67 bits per heavy atom. The summed E-state index contributed by atoms with van der Waals surface area (Å²) in [5.74, 6) is -0.263. The molecule has 0 aromatic heterocycles. The van der Waals surface area contributed by atoms with Crippen molar-refractivity contribution in [2.75, 3.05) is 47.4 Å². The van der Waals surface area contributed by atoms with Crippen molar-refractivity contribution in [3.8, 4) is 0 Å². The van der Waals surface area contributed by atoms with Crippen LogP contribution >= 0.6 is 0 Å². The van der Waals surface area contributed by atoms with Gasteiger partial charge in [-0.2, -0.15) is 0 Å². The normalized spacial score (nSPS) is 20.3. The van der Waals surface area contributed by atoms with Crippen LogP contribution in [0.15, 0.2) is 41.3 Å². The molecule has 10 heteroatoms. The van der Waals surface area contributed by atoms with Crippen LogP contribution in [-0.2, 0) is 19.9 Å². The predicted octanol–water partition coefficient (Wildman–Crippen LogP) is 3.23. The van der Waals surface area contributed by atoms with Crippen LogP contribution in [0, 0.1) is 19.8 Å². The van der Waals surface area contributed by atoms with E-state index in [-0.39, 0.29) is 34.1 Å². The number of carbonyl (C=O) groups excluding carboxylic acids is 1. The fraction of sp³-hybridized carbons (Fsp3) is 0.500. The summed E-state index contributed by atoms with van der Waals surface area (Å²) >= 11 is 0. The van der Waals surface area contributed by atoms with Gasteiger partial charge < -0.3 is 9.80 Å². The van der Waals surface area contributed by atoms with Gasteiger partial charge in [0.05, 0.1) is 21.9 Å². The molecule has 4 rings (SSSR count). The maximum absolute atomic E-state index is 13.5. The van der Waals surface area contributed by atoms with Crippen molar-refractivity contribution < 1.29 is 21.6 Å². The van der Waals surface area contributed by atoms with E-state index in [4.69, 9.17) is 0 Å². The molecule has 2 fully saturated rings. The van der Waals surface area contributed by atoms with Crippen LogP contribution in [0.3, 0.4) is 0 Å². The average Bonchev–Trinajstić information content (AvgIpc) is 3.13. The molecular weight excluding hydrogens is 498 g/mol. The van der Waals surface area contributed by atoms with Gasteiger partial charge in [-0.1, -0.05) is 31.5 Å². The zero-order valence-electron chi connectivity index (χ0n) is 21.6. The number of aryl methyl sites for hydroxylation is 2. The molecule has 36 heavy (non-hydrogen) atoms. The molecule has 2 aromatic rings. The van der Waals surface area contributed by atoms with Crippen LogP contribution in [0.2, 0.25) is 0 Å². The Balaban J connectivity index is 1.61. The molecule has 8 nitrogen and oxygen atoms in total. The van der Waals surface area contributed by atoms with Gasteiger partial charge in [0.25, 0.3) is 5.91 Å². The minimum atomic E-state index is -3.79. The number of sulfonamides is 1. The highest BCUT2D eigenvalue weighted by atomic mass is 32.2. The highest BCUT2D eigenvalue weighted by molar-refractivity contribution is 7.93. The van der Waals surface area contributed by atoms with Crippen molar-refractivity contribution in [1.82, 2.24) is 4.90 Å². The van der Waals surface area contributed by atoms with Gasteiger partial charge in [0, 0.05) is 44.2 Å². The molecular formula is C26H35N3O5S2. The first-order chi connectivity index (χ1) is 16.8. The van der Waals surface area contributed by atoms with Crippen molar-refractivity contribution in [2.45, 2.75) is 45.1 Å². The number of carbonyl (C=O) groups is 1. The van der Waals surface area contributed by atoms with Crippen LogP contribution in [0.5, 0.6) is 0 Å². The van der Waals surface area contributed by atoms with Crippen LogP contribution in [0.4, 0.5) is 11.4 Å². The Labute approximate surface area is 214 Å². The van der Waals surface area contributed by atoms with Crippen molar-refractivity contribution >= 4 is 37.1 Å². The van der Waals surface area contributed by atoms with Crippen molar-refractivity contribution in [3.05, 3.63) is 53.1 Å². The third-order valence-corrected chi connectivity index (χ3v) is 10.1. The van der Waals surface area contributed by atoms with Crippen LogP contribution in [0.1, 0.15) is 41.8 Å². The molecule has 1 atom stereocenters. The number of benzene rings is 2. The molecule has 0 N–H and O–H groups in total. The number of hydrogen-bond donors (Lipinski definition) is 0. The smallest absolute Gasteiger partial charge is 0.255 e. The van der Waals surface area contributed by atoms with E-state index in [9.17, 15) is 21.6 Å². The van der Waals surface area contributed by atoms with Crippen molar-refractivity contribution in [3.63, 3.8) is 0 Å². The van der Waals surface area contributed by atoms with Gasteiger partial charge in [-0.15, -0.1) is 0 Å². The molecule has 0 aliphatic carbocycles. The summed E-state index contributed by atoms with van der Waals surface area (Å²) in [4.78, 5) is 17.2. The molecule has 0 bridgehead atoms. The molecule has 2 aliphatic rings. The number of amides is 1. The first-order valence-electron chi connectivity index (χ1n) is 12.3. The maximum Gasteiger partial charge on any atom is 0.255 e. The maximum atomic E-state index is 13.5. The minimum Gasteiger partial charge on any atom is -0.368 e. The lowest BCUT2D eigenvalue weighted by Crippen LogP contribution is -2.49. The summed E-state index contributed by atoms with van der Waals surface area (Å²) < 4.78 is 52.4. The van der Waals surface area contributed by atoms with Crippen LogP contribution in [0.25, 0.3) is 0 Å².